The zero-order valence-electron chi connectivity index (χ0n) is 12.2. The Labute approximate surface area is 119 Å². The molecule has 0 bridgehead atoms. The molecule has 1 aromatic rings. The molecule has 0 radical (unpaired) electrons. The van der Waals surface area contributed by atoms with Crippen LogP contribution in [0.4, 0.5) is 0 Å². The average molecular weight is 275 g/mol. The summed E-state index contributed by atoms with van der Waals surface area (Å²) in [5.41, 5.74) is 2.82. The number of hydrogen-bond acceptors (Lipinski definition) is 3. The van der Waals surface area contributed by atoms with Crippen LogP contribution in [0.1, 0.15) is 54.2 Å². The maximum absolute atomic E-state index is 11.9. The molecule has 1 aliphatic carbocycles. The van der Waals surface area contributed by atoms with E-state index < -0.39 is 0 Å². The summed E-state index contributed by atoms with van der Waals surface area (Å²) < 4.78 is 4.72. The molecule has 4 heteroatoms. The molecule has 0 unspecified atom stereocenters. The third kappa shape index (κ3) is 3.18. The number of nitrogens with one attached hydrogen (secondary N) is 1. The van der Waals surface area contributed by atoms with Crippen molar-refractivity contribution >= 4 is 11.9 Å². The molecule has 0 aliphatic heterocycles. The zero-order chi connectivity index (χ0) is 14.7. The molecule has 1 aromatic carbocycles. The van der Waals surface area contributed by atoms with Crippen molar-refractivity contribution in [1.29, 1.82) is 0 Å². The molecule has 2 rings (SSSR count). The fourth-order valence-corrected chi connectivity index (χ4v) is 2.64. The molecule has 0 saturated heterocycles. The van der Waals surface area contributed by atoms with Crippen LogP contribution in [-0.4, -0.2) is 19.0 Å². The summed E-state index contributed by atoms with van der Waals surface area (Å²) in [7, 11) is 1.38. The largest absolute Gasteiger partial charge is 0.465 e. The van der Waals surface area contributed by atoms with Crippen LogP contribution in [-0.2, 0) is 16.0 Å². The van der Waals surface area contributed by atoms with Gasteiger partial charge in [-0.1, -0.05) is 19.9 Å². The fourth-order valence-electron chi connectivity index (χ4n) is 2.64. The van der Waals surface area contributed by atoms with Gasteiger partial charge in [-0.25, -0.2) is 4.79 Å². The quantitative estimate of drug-likeness (QED) is 0.859. The summed E-state index contributed by atoms with van der Waals surface area (Å²) >= 11 is 0. The van der Waals surface area contributed by atoms with Crippen LogP contribution in [0.2, 0.25) is 0 Å². The second-order valence-electron chi connectivity index (χ2n) is 5.66. The molecule has 1 aliphatic rings. The van der Waals surface area contributed by atoms with Crippen molar-refractivity contribution in [3.05, 3.63) is 34.9 Å². The van der Waals surface area contributed by atoms with E-state index in [-0.39, 0.29) is 17.9 Å². The number of fused-ring (bicyclic) bond motifs is 1. The first-order valence-corrected chi connectivity index (χ1v) is 7.01. The van der Waals surface area contributed by atoms with Gasteiger partial charge in [-0.3, -0.25) is 4.79 Å². The van der Waals surface area contributed by atoms with Gasteiger partial charge in [0.2, 0.25) is 5.91 Å². The van der Waals surface area contributed by atoms with E-state index in [1.807, 2.05) is 26.0 Å². The van der Waals surface area contributed by atoms with Gasteiger partial charge in [0.1, 0.15) is 0 Å². The third-order valence-electron chi connectivity index (χ3n) is 3.57. The smallest absolute Gasteiger partial charge is 0.337 e. The van der Waals surface area contributed by atoms with Crippen LogP contribution in [0, 0.1) is 5.92 Å². The Morgan fingerprint density at radius 2 is 2.15 bits per heavy atom. The minimum atomic E-state index is -0.319. The van der Waals surface area contributed by atoms with Gasteiger partial charge in [0, 0.05) is 6.42 Å². The van der Waals surface area contributed by atoms with Crippen LogP contribution in [0.25, 0.3) is 0 Å². The number of carbonyl (C=O) groups excluding carboxylic acids is 2. The average Bonchev–Trinajstić information content (AvgIpc) is 2.79. The molecular weight excluding hydrogens is 254 g/mol. The molecule has 1 atom stereocenters. The predicted molar refractivity (Wildman–Crippen MR) is 76.4 cm³/mol. The van der Waals surface area contributed by atoms with Crippen LogP contribution in [0.5, 0.6) is 0 Å². The highest BCUT2D eigenvalue weighted by Gasteiger charge is 2.25. The molecule has 0 saturated carbocycles. The van der Waals surface area contributed by atoms with E-state index in [1.165, 1.54) is 7.11 Å². The van der Waals surface area contributed by atoms with Gasteiger partial charge < -0.3 is 10.1 Å². The van der Waals surface area contributed by atoms with E-state index in [9.17, 15) is 9.59 Å². The molecule has 0 heterocycles. The van der Waals surface area contributed by atoms with Crippen molar-refractivity contribution in [1.82, 2.24) is 5.32 Å². The van der Waals surface area contributed by atoms with Crippen LogP contribution < -0.4 is 5.32 Å². The van der Waals surface area contributed by atoms with Crippen molar-refractivity contribution in [2.45, 2.75) is 39.2 Å². The van der Waals surface area contributed by atoms with Gasteiger partial charge in [0.25, 0.3) is 0 Å². The summed E-state index contributed by atoms with van der Waals surface area (Å²) in [4.78, 5) is 23.4. The number of aryl methyl sites for hydroxylation is 1. The van der Waals surface area contributed by atoms with Crippen molar-refractivity contribution < 1.29 is 14.3 Å². The molecule has 20 heavy (non-hydrogen) atoms. The number of ether oxygens (including phenoxy) is 1. The summed E-state index contributed by atoms with van der Waals surface area (Å²) in [6, 6.07) is 5.63. The molecule has 108 valence electrons. The molecule has 0 fully saturated rings. The lowest BCUT2D eigenvalue weighted by Gasteiger charge is -2.15. The SMILES string of the molecule is COC(=O)c1ccc2c(c1)CC[C@H]2NC(=O)CC(C)C. The van der Waals surface area contributed by atoms with Crippen LogP contribution in [0.15, 0.2) is 18.2 Å². The van der Waals surface area contributed by atoms with Gasteiger partial charge in [-0.05, 0) is 42.0 Å². The number of carbonyl (C=O) groups is 2. The summed E-state index contributed by atoms with van der Waals surface area (Å²) in [6.07, 6.45) is 2.32. The summed E-state index contributed by atoms with van der Waals surface area (Å²) in [5.74, 6) is 0.132. The lowest BCUT2D eigenvalue weighted by atomic mass is 10.0. The second-order valence-corrected chi connectivity index (χ2v) is 5.66. The van der Waals surface area contributed by atoms with Gasteiger partial charge in [0.15, 0.2) is 0 Å². The van der Waals surface area contributed by atoms with Gasteiger partial charge >= 0.3 is 5.97 Å². The van der Waals surface area contributed by atoms with Crippen molar-refractivity contribution in [2.24, 2.45) is 5.92 Å². The van der Waals surface area contributed by atoms with E-state index in [1.54, 1.807) is 6.07 Å². The van der Waals surface area contributed by atoms with Crippen molar-refractivity contribution in [2.75, 3.05) is 7.11 Å². The fraction of sp³-hybridized carbons (Fsp3) is 0.500. The van der Waals surface area contributed by atoms with E-state index in [0.717, 1.165) is 24.0 Å². The van der Waals surface area contributed by atoms with Crippen LogP contribution >= 0.6 is 0 Å². The molecule has 1 N–H and O–H groups in total. The van der Waals surface area contributed by atoms with E-state index >= 15 is 0 Å². The Bertz CT molecular complexity index is 522. The van der Waals surface area contributed by atoms with Gasteiger partial charge in [-0.15, -0.1) is 0 Å². The Kier molecular flexibility index (Phi) is 4.42. The lowest BCUT2D eigenvalue weighted by molar-refractivity contribution is -0.122. The van der Waals surface area contributed by atoms with Crippen molar-refractivity contribution in [3.8, 4) is 0 Å². The predicted octanol–water partition coefficient (Wildman–Crippen LogP) is 2.62. The van der Waals surface area contributed by atoms with E-state index in [0.29, 0.717) is 17.9 Å². The Morgan fingerprint density at radius 1 is 1.40 bits per heavy atom. The topological polar surface area (TPSA) is 55.4 Å². The Morgan fingerprint density at radius 3 is 2.80 bits per heavy atom. The number of rotatable bonds is 4. The molecular formula is C16H21NO3. The number of methoxy groups -OCH3 is 1. The first-order chi connectivity index (χ1) is 9.51. The molecule has 0 spiro atoms. The normalized spacial score (nSPS) is 16.9. The molecule has 1 amide bonds. The number of benzene rings is 1. The highest BCUT2D eigenvalue weighted by Crippen LogP contribution is 2.32. The summed E-state index contributed by atoms with van der Waals surface area (Å²) in [6.45, 7) is 4.07. The number of hydrogen-bond donors (Lipinski definition) is 1. The van der Waals surface area contributed by atoms with E-state index in [4.69, 9.17) is 4.74 Å². The van der Waals surface area contributed by atoms with E-state index in [2.05, 4.69) is 5.32 Å². The Balaban J connectivity index is 2.09. The highest BCUT2D eigenvalue weighted by atomic mass is 16.5. The Hall–Kier alpha value is -1.84. The molecule has 4 nitrogen and oxygen atoms in total. The van der Waals surface area contributed by atoms with Crippen molar-refractivity contribution in [3.63, 3.8) is 0 Å². The maximum Gasteiger partial charge on any atom is 0.337 e. The third-order valence-corrected chi connectivity index (χ3v) is 3.57. The monoisotopic (exact) mass is 275 g/mol. The minimum Gasteiger partial charge on any atom is -0.465 e. The number of esters is 1. The maximum atomic E-state index is 11.9. The minimum absolute atomic E-state index is 0.0722. The van der Waals surface area contributed by atoms with Crippen LogP contribution in [0.3, 0.4) is 0 Å². The first kappa shape index (κ1) is 14.6. The summed E-state index contributed by atoms with van der Waals surface area (Å²) in [5, 5.41) is 3.07. The van der Waals surface area contributed by atoms with Gasteiger partial charge in [0.05, 0.1) is 18.7 Å². The standard InChI is InChI=1S/C16H21NO3/c1-10(2)8-15(18)17-14-7-5-11-9-12(16(19)20-3)4-6-13(11)14/h4,6,9-10,14H,5,7-8H2,1-3H3,(H,17,18)/t14-/m1/s1. The van der Waals surface area contributed by atoms with Gasteiger partial charge in [-0.2, -0.15) is 0 Å². The molecule has 0 aromatic heterocycles. The zero-order valence-corrected chi connectivity index (χ0v) is 12.2. The second kappa shape index (κ2) is 6.07. The highest BCUT2D eigenvalue weighted by molar-refractivity contribution is 5.89. The lowest BCUT2D eigenvalue weighted by Crippen LogP contribution is -2.28. The number of amides is 1. The first-order valence-electron chi connectivity index (χ1n) is 7.01.